The van der Waals surface area contributed by atoms with Gasteiger partial charge in [0.05, 0.1) is 13.2 Å². The van der Waals surface area contributed by atoms with Gasteiger partial charge in [0, 0.05) is 0 Å². The normalized spacial score (nSPS) is 12.3. The second-order valence-corrected chi connectivity index (χ2v) is 3.74. The van der Waals surface area contributed by atoms with Gasteiger partial charge < -0.3 is 9.47 Å². The number of carbonyl (C=O) groups is 2. The molecular weight excluding hydrogens is 196 g/mol. The quantitative estimate of drug-likeness (QED) is 0.501. The molecule has 4 heteroatoms. The van der Waals surface area contributed by atoms with E-state index in [0.717, 1.165) is 0 Å². The third-order valence-corrected chi connectivity index (χ3v) is 1.82. The molecule has 4 nitrogen and oxygen atoms in total. The predicted molar refractivity (Wildman–Crippen MR) is 56.2 cm³/mol. The molecule has 15 heavy (non-hydrogen) atoms. The first kappa shape index (κ1) is 13.9. The lowest BCUT2D eigenvalue weighted by Crippen LogP contribution is -2.28. The molecule has 0 N–H and O–H groups in total. The van der Waals surface area contributed by atoms with Gasteiger partial charge in [-0.2, -0.15) is 0 Å². The van der Waals surface area contributed by atoms with E-state index < -0.39 is 17.9 Å². The summed E-state index contributed by atoms with van der Waals surface area (Å²) in [6, 6.07) is 0. The van der Waals surface area contributed by atoms with Gasteiger partial charge in [-0.05, 0) is 19.3 Å². The summed E-state index contributed by atoms with van der Waals surface area (Å²) in [4.78, 5) is 22.8. The number of rotatable bonds is 6. The second kappa shape index (κ2) is 7.26. The molecule has 88 valence electrons. The Morgan fingerprint density at radius 3 is 2.00 bits per heavy atom. The van der Waals surface area contributed by atoms with Crippen molar-refractivity contribution in [1.82, 2.24) is 0 Å². The summed E-state index contributed by atoms with van der Waals surface area (Å²) in [5.74, 6) is -1.48. The summed E-state index contributed by atoms with van der Waals surface area (Å²) in [5.41, 5.74) is 0. The van der Waals surface area contributed by atoms with Crippen molar-refractivity contribution in [3.05, 3.63) is 0 Å². The van der Waals surface area contributed by atoms with Gasteiger partial charge in [-0.1, -0.05) is 20.8 Å². The minimum atomic E-state index is -0.774. The maximum atomic E-state index is 11.5. The third kappa shape index (κ3) is 5.40. The summed E-state index contributed by atoms with van der Waals surface area (Å²) in [5, 5.41) is 0. The second-order valence-electron chi connectivity index (χ2n) is 3.74. The highest BCUT2D eigenvalue weighted by molar-refractivity contribution is 5.94. The molecule has 0 aliphatic carbocycles. The van der Waals surface area contributed by atoms with Gasteiger partial charge in [0.1, 0.15) is 0 Å². The van der Waals surface area contributed by atoms with Crippen LogP contribution in [0.5, 0.6) is 0 Å². The van der Waals surface area contributed by atoms with Crippen molar-refractivity contribution in [2.24, 2.45) is 11.8 Å². The van der Waals surface area contributed by atoms with Crippen LogP contribution in [-0.4, -0.2) is 25.2 Å². The molecule has 0 aliphatic rings. The number of hydrogen-bond acceptors (Lipinski definition) is 4. The van der Waals surface area contributed by atoms with Gasteiger partial charge >= 0.3 is 11.9 Å². The Kier molecular flexibility index (Phi) is 6.75. The Labute approximate surface area is 90.9 Å². The molecular formula is C11H20O4. The van der Waals surface area contributed by atoms with Gasteiger partial charge in [0.2, 0.25) is 0 Å². The highest BCUT2D eigenvalue weighted by atomic mass is 16.6. The van der Waals surface area contributed by atoms with E-state index in [-0.39, 0.29) is 12.5 Å². The molecule has 0 radical (unpaired) electrons. The average molecular weight is 216 g/mol. The van der Waals surface area contributed by atoms with Gasteiger partial charge in [0.15, 0.2) is 5.92 Å². The highest BCUT2D eigenvalue weighted by Crippen LogP contribution is 2.09. The van der Waals surface area contributed by atoms with Crippen molar-refractivity contribution >= 4 is 11.9 Å². The smallest absolute Gasteiger partial charge is 0.320 e. The zero-order valence-corrected chi connectivity index (χ0v) is 9.91. The van der Waals surface area contributed by atoms with Gasteiger partial charge in [-0.3, -0.25) is 9.59 Å². The van der Waals surface area contributed by atoms with Crippen LogP contribution in [0.25, 0.3) is 0 Å². The number of carbonyl (C=O) groups excluding carboxylic acids is 2. The Morgan fingerprint density at radius 1 is 1.07 bits per heavy atom. The maximum Gasteiger partial charge on any atom is 0.320 e. The first-order valence-corrected chi connectivity index (χ1v) is 5.36. The summed E-state index contributed by atoms with van der Waals surface area (Å²) in [7, 11) is 0. The fourth-order valence-electron chi connectivity index (χ4n) is 1.02. The lowest BCUT2D eigenvalue weighted by Gasteiger charge is -2.13. The van der Waals surface area contributed by atoms with Crippen molar-refractivity contribution < 1.29 is 19.1 Å². The molecule has 0 aliphatic heterocycles. The zero-order chi connectivity index (χ0) is 11.8. The topological polar surface area (TPSA) is 52.6 Å². The largest absolute Gasteiger partial charge is 0.465 e. The zero-order valence-electron chi connectivity index (χ0n) is 9.91. The number of hydrogen-bond donors (Lipinski definition) is 0. The Bertz CT molecular complexity index is 211. The highest BCUT2D eigenvalue weighted by Gasteiger charge is 2.27. The first-order chi connectivity index (χ1) is 7.02. The van der Waals surface area contributed by atoms with Crippen LogP contribution in [0.15, 0.2) is 0 Å². The van der Waals surface area contributed by atoms with Crippen molar-refractivity contribution in [1.29, 1.82) is 0 Å². The van der Waals surface area contributed by atoms with Crippen LogP contribution in [0.1, 0.15) is 34.1 Å². The molecule has 0 heterocycles. The molecule has 0 fully saturated rings. The number of esters is 2. The van der Waals surface area contributed by atoms with Crippen LogP contribution in [0.2, 0.25) is 0 Å². The molecule has 0 spiro atoms. The fourth-order valence-corrected chi connectivity index (χ4v) is 1.02. The minimum absolute atomic E-state index is 0.272. The summed E-state index contributed by atoms with van der Waals surface area (Å²) >= 11 is 0. The van der Waals surface area contributed by atoms with Crippen LogP contribution >= 0.6 is 0 Å². The van der Waals surface area contributed by atoms with E-state index in [9.17, 15) is 9.59 Å². The Morgan fingerprint density at radius 2 is 1.60 bits per heavy atom. The van der Waals surface area contributed by atoms with Crippen LogP contribution < -0.4 is 0 Å². The summed E-state index contributed by atoms with van der Waals surface area (Å²) < 4.78 is 9.77. The monoisotopic (exact) mass is 216 g/mol. The van der Waals surface area contributed by atoms with E-state index in [4.69, 9.17) is 9.47 Å². The van der Waals surface area contributed by atoms with Crippen LogP contribution in [0.3, 0.4) is 0 Å². The standard InChI is InChI=1S/C11H20O4/c1-5-9(10(12)14-6-2)11(13)15-7-8(3)4/h8-9H,5-7H2,1-4H3. The molecule has 0 saturated carbocycles. The molecule has 0 bridgehead atoms. The van der Waals surface area contributed by atoms with E-state index in [1.807, 2.05) is 13.8 Å². The first-order valence-electron chi connectivity index (χ1n) is 5.36. The summed E-state index contributed by atoms with van der Waals surface area (Å²) in [6.45, 7) is 7.99. The molecule has 0 aromatic rings. The molecule has 0 aromatic carbocycles. The molecule has 0 rings (SSSR count). The van der Waals surface area contributed by atoms with E-state index >= 15 is 0 Å². The molecule has 1 atom stereocenters. The van der Waals surface area contributed by atoms with Crippen LogP contribution in [0.4, 0.5) is 0 Å². The van der Waals surface area contributed by atoms with Gasteiger partial charge in [-0.15, -0.1) is 0 Å². The van der Waals surface area contributed by atoms with E-state index in [2.05, 4.69) is 0 Å². The van der Waals surface area contributed by atoms with Gasteiger partial charge in [0.25, 0.3) is 0 Å². The van der Waals surface area contributed by atoms with Crippen molar-refractivity contribution in [2.75, 3.05) is 13.2 Å². The van der Waals surface area contributed by atoms with Crippen molar-refractivity contribution in [3.63, 3.8) is 0 Å². The van der Waals surface area contributed by atoms with Gasteiger partial charge in [-0.25, -0.2) is 0 Å². The lowest BCUT2D eigenvalue weighted by molar-refractivity contribution is -0.162. The Hall–Kier alpha value is -1.06. The average Bonchev–Trinajstić information content (AvgIpc) is 2.16. The Balaban J connectivity index is 4.15. The third-order valence-electron chi connectivity index (χ3n) is 1.82. The molecule has 0 amide bonds. The van der Waals surface area contributed by atoms with E-state index in [1.54, 1.807) is 13.8 Å². The number of ether oxygens (including phenoxy) is 2. The molecule has 1 unspecified atom stereocenters. The molecule has 0 aromatic heterocycles. The molecule has 0 saturated heterocycles. The van der Waals surface area contributed by atoms with E-state index in [1.165, 1.54) is 0 Å². The predicted octanol–water partition coefficient (Wildman–Crippen LogP) is 1.77. The minimum Gasteiger partial charge on any atom is -0.465 e. The fraction of sp³-hybridized carbons (Fsp3) is 0.818. The van der Waals surface area contributed by atoms with Crippen molar-refractivity contribution in [3.8, 4) is 0 Å². The van der Waals surface area contributed by atoms with Crippen LogP contribution in [-0.2, 0) is 19.1 Å². The van der Waals surface area contributed by atoms with Crippen molar-refractivity contribution in [2.45, 2.75) is 34.1 Å². The van der Waals surface area contributed by atoms with Crippen LogP contribution in [0, 0.1) is 11.8 Å². The van der Waals surface area contributed by atoms with E-state index in [0.29, 0.717) is 13.0 Å². The maximum absolute atomic E-state index is 11.5. The lowest BCUT2D eigenvalue weighted by atomic mass is 10.1. The summed E-state index contributed by atoms with van der Waals surface area (Å²) in [6.07, 6.45) is 0.412. The SMILES string of the molecule is CCOC(=O)C(CC)C(=O)OCC(C)C.